The van der Waals surface area contributed by atoms with Crippen molar-refractivity contribution in [2.45, 2.75) is 44.9 Å². The highest BCUT2D eigenvalue weighted by molar-refractivity contribution is 6.32. The monoisotopic (exact) mass is 349 g/mol. The predicted octanol–water partition coefficient (Wildman–Crippen LogP) is 4.05. The Bertz CT molecular complexity index is 627. The standard InChI is InChI=1S/C19H24ClNO3/c20-16-11-15(12-17-19(16)24-10-4-9-23-17)13-18(22)21-8-7-14-5-2-1-3-6-14/h5,11-12H,1-4,6-10,13H2,(H,21,22). The number of allylic oxidation sites excluding steroid dienone is 1. The number of hydrogen-bond acceptors (Lipinski definition) is 3. The van der Waals surface area contributed by atoms with E-state index in [9.17, 15) is 4.79 Å². The third kappa shape index (κ3) is 4.67. The molecule has 0 radical (unpaired) electrons. The lowest BCUT2D eigenvalue weighted by Crippen LogP contribution is -2.26. The Morgan fingerprint density at radius 3 is 2.88 bits per heavy atom. The van der Waals surface area contributed by atoms with Crippen molar-refractivity contribution in [1.82, 2.24) is 5.32 Å². The van der Waals surface area contributed by atoms with Crippen LogP contribution in [0.15, 0.2) is 23.8 Å². The summed E-state index contributed by atoms with van der Waals surface area (Å²) in [6.07, 6.45) is 9.32. The molecular formula is C19H24ClNO3. The molecule has 1 aliphatic carbocycles. The second-order valence-corrected chi connectivity index (χ2v) is 6.75. The molecule has 1 aromatic carbocycles. The van der Waals surface area contributed by atoms with Crippen molar-refractivity contribution in [2.24, 2.45) is 0 Å². The number of hydrogen-bond donors (Lipinski definition) is 1. The van der Waals surface area contributed by atoms with Crippen LogP contribution in [-0.2, 0) is 11.2 Å². The molecule has 0 saturated carbocycles. The van der Waals surface area contributed by atoms with Crippen LogP contribution in [0.1, 0.15) is 44.1 Å². The Morgan fingerprint density at radius 2 is 2.04 bits per heavy atom. The van der Waals surface area contributed by atoms with Crippen molar-refractivity contribution in [3.8, 4) is 11.5 Å². The molecule has 1 heterocycles. The van der Waals surface area contributed by atoms with Crippen molar-refractivity contribution in [3.05, 3.63) is 34.4 Å². The van der Waals surface area contributed by atoms with Gasteiger partial charge in [-0.15, -0.1) is 0 Å². The first-order valence-electron chi connectivity index (χ1n) is 8.75. The van der Waals surface area contributed by atoms with E-state index in [-0.39, 0.29) is 5.91 Å². The number of halogens is 1. The maximum absolute atomic E-state index is 12.2. The topological polar surface area (TPSA) is 47.6 Å². The zero-order valence-corrected chi connectivity index (χ0v) is 14.7. The zero-order chi connectivity index (χ0) is 16.8. The van der Waals surface area contributed by atoms with Gasteiger partial charge in [0.15, 0.2) is 11.5 Å². The van der Waals surface area contributed by atoms with E-state index in [1.807, 2.05) is 6.07 Å². The van der Waals surface area contributed by atoms with Crippen LogP contribution >= 0.6 is 11.6 Å². The normalized spacial score (nSPS) is 17.0. The minimum absolute atomic E-state index is 0.0111. The molecule has 3 rings (SSSR count). The molecule has 0 atom stereocenters. The molecule has 0 bridgehead atoms. The van der Waals surface area contributed by atoms with E-state index >= 15 is 0 Å². The summed E-state index contributed by atoms with van der Waals surface area (Å²) in [5.41, 5.74) is 2.32. The summed E-state index contributed by atoms with van der Waals surface area (Å²) in [4.78, 5) is 12.2. The molecule has 0 spiro atoms. The number of ether oxygens (including phenoxy) is 2. The number of rotatable bonds is 5. The Kier molecular flexibility index (Phi) is 6.02. The van der Waals surface area contributed by atoms with Gasteiger partial charge in [0, 0.05) is 13.0 Å². The van der Waals surface area contributed by atoms with Gasteiger partial charge in [0.1, 0.15) is 0 Å². The lowest BCUT2D eigenvalue weighted by Gasteiger charge is -2.13. The maximum Gasteiger partial charge on any atom is 0.224 e. The van der Waals surface area contributed by atoms with Crippen LogP contribution in [0.25, 0.3) is 0 Å². The molecule has 2 aliphatic rings. The summed E-state index contributed by atoms with van der Waals surface area (Å²) in [5, 5.41) is 3.50. The van der Waals surface area contributed by atoms with Crippen molar-refractivity contribution >= 4 is 17.5 Å². The number of carbonyl (C=O) groups is 1. The number of benzene rings is 1. The highest BCUT2D eigenvalue weighted by Gasteiger charge is 2.16. The van der Waals surface area contributed by atoms with Crippen molar-refractivity contribution in [2.75, 3.05) is 19.8 Å². The molecule has 1 aliphatic heterocycles. The minimum atomic E-state index is 0.0111. The van der Waals surface area contributed by atoms with Crippen molar-refractivity contribution in [3.63, 3.8) is 0 Å². The Hall–Kier alpha value is -1.68. The highest BCUT2D eigenvalue weighted by atomic mass is 35.5. The fourth-order valence-corrected chi connectivity index (χ4v) is 3.42. The van der Waals surface area contributed by atoms with Gasteiger partial charge < -0.3 is 14.8 Å². The highest BCUT2D eigenvalue weighted by Crippen LogP contribution is 2.38. The van der Waals surface area contributed by atoms with E-state index in [1.165, 1.54) is 31.3 Å². The first-order chi connectivity index (χ1) is 11.7. The van der Waals surface area contributed by atoms with E-state index < -0.39 is 0 Å². The molecule has 1 N–H and O–H groups in total. The number of nitrogens with one attached hydrogen (secondary N) is 1. The van der Waals surface area contributed by atoms with E-state index in [0.717, 1.165) is 18.4 Å². The minimum Gasteiger partial charge on any atom is -0.489 e. The molecule has 0 saturated heterocycles. The van der Waals surface area contributed by atoms with Gasteiger partial charge in [-0.05, 0) is 49.8 Å². The smallest absolute Gasteiger partial charge is 0.224 e. The lowest BCUT2D eigenvalue weighted by molar-refractivity contribution is -0.120. The lowest BCUT2D eigenvalue weighted by atomic mass is 9.97. The van der Waals surface area contributed by atoms with E-state index in [4.69, 9.17) is 21.1 Å². The van der Waals surface area contributed by atoms with Crippen molar-refractivity contribution < 1.29 is 14.3 Å². The third-order valence-electron chi connectivity index (χ3n) is 4.38. The van der Waals surface area contributed by atoms with Crippen LogP contribution < -0.4 is 14.8 Å². The number of fused-ring (bicyclic) bond motifs is 1. The molecule has 4 nitrogen and oxygen atoms in total. The van der Waals surface area contributed by atoms with Gasteiger partial charge in [-0.25, -0.2) is 0 Å². The summed E-state index contributed by atoms with van der Waals surface area (Å²) in [6, 6.07) is 3.65. The second kappa shape index (κ2) is 8.43. The Balaban J connectivity index is 1.53. The van der Waals surface area contributed by atoms with Crippen LogP contribution in [0.5, 0.6) is 11.5 Å². The van der Waals surface area contributed by atoms with Crippen LogP contribution in [0.2, 0.25) is 5.02 Å². The first-order valence-corrected chi connectivity index (χ1v) is 9.13. The van der Waals surface area contributed by atoms with Crippen molar-refractivity contribution in [1.29, 1.82) is 0 Å². The molecule has 130 valence electrons. The molecule has 24 heavy (non-hydrogen) atoms. The van der Waals surface area contributed by atoms with Gasteiger partial charge in [0.05, 0.1) is 24.7 Å². The summed E-state index contributed by atoms with van der Waals surface area (Å²) < 4.78 is 11.3. The summed E-state index contributed by atoms with van der Waals surface area (Å²) in [7, 11) is 0. The first kappa shape index (κ1) is 17.2. The largest absolute Gasteiger partial charge is 0.489 e. The van der Waals surface area contributed by atoms with Crippen LogP contribution in [0.4, 0.5) is 0 Å². The van der Waals surface area contributed by atoms with Crippen LogP contribution in [-0.4, -0.2) is 25.7 Å². The van der Waals surface area contributed by atoms with Gasteiger partial charge >= 0.3 is 0 Å². The zero-order valence-electron chi connectivity index (χ0n) is 13.9. The Morgan fingerprint density at radius 1 is 1.17 bits per heavy atom. The van der Waals surface area contributed by atoms with Gasteiger partial charge in [-0.3, -0.25) is 4.79 Å². The molecule has 1 aromatic rings. The van der Waals surface area contributed by atoms with Crippen LogP contribution in [0.3, 0.4) is 0 Å². The number of carbonyl (C=O) groups excluding carboxylic acids is 1. The van der Waals surface area contributed by atoms with Gasteiger partial charge in [-0.1, -0.05) is 23.3 Å². The van der Waals surface area contributed by atoms with Gasteiger partial charge in [0.2, 0.25) is 5.91 Å². The Labute approximate surface area is 148 Å². The number of amides is 1. The SMILES string of the molecule is O=C(Cc1cc(Cl)c2c(c1)OCCCO2)NCCC1=CCCCC1. The summed E-state index contributed by atoms with van der Waals surface area (Å²) in [6.45, 7) is 1.90. The molecular weight excluding hydrogens is 326 g/mol. The maximum atomic E-state index is 12.2. The second-order valence-electron chi connectivity index (χ2n) is 6.34. The van der Waals surface area contributed by atoms with Crippen LogP contribution in [0, 0.1) is 0 Å². The van der Waals surface area contributed by atoms with Gasteiger partial charge in [0.25, 0.3) is 0 Å². The summed E-state index contributed by atoms with van der Waals surface area (Å²) in [5.74, 6) is 1.23. The van der Waals surface area contributed by atoms with Gasteiger partial charge in [-0.2, -0.15) is 0 Å². The van der Waals surface area contributed by atoms with E-state index in [0.29, 0.717) is 42.7 Å². The molecule has 0 aromatic heterocycles. The fraction of sp³-hybridized carbons (Fsp3) is 0.526. The molecule has 0 fully saturated rings. The fourth-order valence-electron chi connectivity index (χ4n) is 3.13. The average molecular weight is 350 g/mol. The molecule has 1 amide bonds. The third-order valence-corrected chi connectivity index (χ3v) is 4.66. The average Bonchev–Trinajstić information content (AvgIpc) is 2.81. The molecule has 5 heteroatoms. The predicted molar refractivity (Wildman–Crippen MR) is 94.9 cm³/mol. The molecule has 0 unspecified atom stereocenters. The quantitative estimate of drug-likeness (QED) is 0.816. The van der Waals surface area contributed by atoms with E-state index in [1.54, 1.807) is 6.07 Å². The summed E-state index contributed by atoms with van der Waals surface area (Å²) >= 11 is 6.27. The van der Waals surface area contributed by atoms with E-state index in [2.05, 4.69) is 11.4 Å².